The minimum absolute atomic E-state index is 0.269. The Balaban J connectivity index is 2.29. The van der Waals surface area contributed by atoms with Gasteiger partial charge in [0.15, 0.2) is 15.9 Å². The maximum absolute atomic E-state index is 12.8. The quantitative estimate of drug-likeness (QED) is 0.750. The van der Waals surface area contributed by atoms with Gasteiger partial charge < -0.3 is 14.7 Å². The Morgan fingerprint density at radius 1 is 1.36 bits per heavy atom. The fourth-order valence-electron chi connectivity index (χ4n) is 2.84. The maximum Gasteiger partial charge on any atom is 0.425 e. The second-order valence-corrected chi connectivity index (χ2v) is 8.93. The minimum atomic E-state index is -4.61. The zero-order valence-electron chi connectivity index (χ0n) is 14.7. The first-order chi connectivity index (χ1) is 12.7. The molecule has 0 radical (unpaired) electrons. The van der Waals surface area contributed by atoms with E-state index >= 15 is 0 Å². The molecule has 0 saturated carbocycles. The molecule has 1 saturated heterocycles. The topological polar surface area (TPSA) is 101 Å². The van der Waals surface area contributed by atoms with Gasteiger partial charge in [0.05, 0.1) is 15.2 Å². The van der Waals surface area contributed by atoms with E-state index in [2.05, 4.69) is 0 Å². The Morgan fingerprint density at radius 3 is 2.39 bits per heavy atom. The number of aliphatic carboxylic acids is 1. The number of rotatable bonds is 5. The van der Waals surface area contributed by atoms with Gasteiger partial charge in [0.1, 0.15) is 11.8 Å². The molecular formula is C16H17ClF3NO6S. The monoisotopic (exact) mass is 443 g/mol. The Morgan fingerprint density at radius 2 is 1.96 bits per heavy atom. The number of nitrogens with zero attached hydrogens (tertiary/aromatic N) is 1. The van der Waals surface area contributed by atoms with Crippen LogP contribution in [0.3, 0.4) is 0 Å². The van der Waals surface area contributed by atoms with Crippen LogP contribution in [0.4, 0.5) is 13.2 Å². The van der Waals surface area contributed by atoms with E-state index < -0.39 is 45.3 Å². The lowest BCUT2D eigenvalue weighted by molar-refractivity contribution is -0.189. The molecule has 3 atom stereocenters. The van der Waals surface area contributed by atoms with E-state index in [4.69, 9.17) is 16.3 Å². The molecule has 1 aromatic rings. The van der Waals surface area contributed by atoms with Crippen LogP contribution in [0.5, 0.6) is 5.75 Å². The number of carboxylic acids is 1. The van der Waals surface area contributed by atoms with Crippen LogP contribution in [0.2, 0.25) is 5.02 Å². The number of alkyl halides is 3. The van der Waals surface area contributed by atoms with E-state index in [-0.39, 0.29) is 28.6 Å². The van der Waals surface area contributed by atoms with Crippen LogP contribution in [0, 0.1) is 0 Å². The molecule has 28 heavy (non-hydrogen) atoms. The highest BCUT2D eigenvalue weighted by Crippen LogP contribution is 2.34. The average Bonchev–Trinajstić information content (AvgIpc) is 3.00. The summed E-state index contributed by atoms with van der Waals surface area (Å²) in [4.78, 5) is 23.5. The average molecular weight is 444 g/mol. The number of hydrogen-bond donors (Lipinski definition) is 1. The first-order valence-corrected chi connectivity index (χ1v) is 9.94. The Kier molecular flexibility index (Phi) is 6.19. The van der Waals surface area contributed by atoms with Gasteiger partial charge in [-0.1, -0.05) is 11.6 Å². The standard InChI is InChI=1S/C16H17ClF3NO6S/c1-8(16(18,19)20)27-10-3-4-14(12(17)5-10)28(25,26)11-6-13(15(23)24)21(7-11)9(2)22/h3-5,8,11,13H,6-7H2,1-2H3,(H,23,24). The SMILES string of the molecule is CC(=O)N1CC(S(=O)(=O)c2ccc(OC(C)C(F)(F)F)cc2Cl)CC1C(=O)O. The number of likely N-dealkylation sites (tertiary alicyclic amines) is 1. The van der Waals surface area contributed by atoms with Crippen LogP contribution >= 0.6 is 11.6 Å². The van der Waals surface area contributed by atoms with E-state index in [9.17, 15) is 36.3 Å². The highest BCUT2D eigenvalue weighted by molar-refractivity contribution is 7.92. The van der Waals surface area contributed by atoms with Gasteiger partial charge in [0, 0.05) is 19.5 Å². The normalized spacial score (nSPS) is 21.4. The molecule has 1 heterocycles. The molecule has 2 rings (SSSR count). The number of carbonyl (C=O) groups is 2. The molecule has 0 bridgehead atoms. The lowest BCUT2D eigenvalue weighted by atomic mass is 10.2. The van der Waals surface area contributed by atoms with E-state index in [0.29, 0.717) is 0 Å². The van der Waals surface area contributed by atoms with Crippen LogP contribution in [0.25, 0.3) is 0 Å². The van der Waals surface area contributed by atoms with Gasteiger partial charge in [-0.05, 0) is 25.5 Å². The highest BCUT2D eigenvalue weighted by Gasteiger charge is 2.45. The number of amides is 1. The molecule has 1 fully saturated rings. The molecule has 1 N–H and O–H groups in total. The molecule has 7 nitrogen and oxygen atoms in total. The molecule has 1 aliphatic rings. The lowest BCUT2D eigenvalue weighted by Gasteiger charge is -2.19. The van der Waals surface area contributed by atoms with E-state index in [1.807, 2.05) is 0 Å². The predicted molar refractivity (Wildman–Crippen MR) is 92.0 cm³/mol. The van der Waals surface area contributed by atoms with Crippen molar-refractivity contribution in [1.29, 1.82) is 0 Å². The van der Waals surface area contributed by atoms with Gasteiger partial charge in [-0.2, -0.15) is 13.2 Å². The van der Waals surface area contributed by atoms with Crippen molar-refractivity contribution in [2.24, 2.45) is 0 Å². The second kappa shape index (κ2) is 7.78. The van der Waals surface area contributed by atoms with E-state index in [1.165, 1.54) is 0 Å². The summed E-state index contributed by atoms with van der Waals surface area (Å²) in [5.41, 5.74) is 0. The van der Waals surface area contributed by atoms with Gasteiger partial charge in [-0.15, -0.1) is 0 Å². The maximum atomic E-state index is 12.8. The van der Waals surface area contributed by atoms with Crippen molar-refractivity contribution < 1.29 is 41.0 Å². The summed E-state index contributed by atoms with van der Waals surface area (Å²) in [6, 6.07) is 1.70. The van der Waals surface area contributed by atoms with Crippen LogP contribution in [-0.4, -0.2) is 60.4 Å². The van der Waals surface area contributed by atoms with E-state index in [0.717, 1.165) is 36.9 Å². The Bertz CT molecular complexity index is 867. The predicted octanol–water partition coefficient (Wildman–Crippen LogP) is 2.52. The third kappa shape index (κ3) is 4.52. The van der Waals surface area contributed by atoms with E-state index in [1.54, 1.807) is 0 Å². The molecule has 3 unspecified atom stereocenters. The van der Waals surface area contributed by atoms with Crippen LogP contribution in [0.1, 0.15) is 20.3 Å². The number of carboxylic acid groups (broad SMARTS) is 1. The molecule has 0 aliphatic carbocycles. The minimum Gasteiger partial charge on any atom is -0.481 e. The molecule has 156 valence electrons. The molecule has 1 aliphatic heterocycles. The molecule has 0 spiro atoms. The summed E-state index contributed by atoms with van der Waals surface area (Å²) in [7, 11) is -4.14. The van der Waals surface area contributed by atoms with Crippen molar-refractivity contribution in [3.05, 3.63) is 23.2 Å². The third-order valence-electron chi connectivity index (χ3n) is 4.37. The summed E-state index contributed by atoms with van der Waals surface area (Å²) < 4.78 is 68.1. The number of sulfone groups is 1. The number of carbonyl (C=O) groups excluding carboxylic acids is 1. The van der Waals surface area contributed by atoms with Gasteiger partial charge in [0.25, 0.3) is 0 Å². The highest BCUT2D eigenvalue weighted by atomic mass is 35.5. The molecule has 1 amide bonds. The number of ether oxygens (including phenoxy) is 1. The smallest absolute Gasteiger partial charge is 0.425 e. The number of benzene rings is 1. The first kappa shape index (κ1) is 22.3. The molecule has 12 heteroatoms. The van der Waals surface area contributed by atoms with Gasteiger partial charge in [0.2, 0.25) is 5.91 Å². The fraction of sp³-hybridized carbons (Fsp3) is 0.500. The first-order valence-electron chi connectivity index (χ1n) is 8.02. The summed E-state index contributed by atoms with van der Waals surface area (Å²) in [5.74, 6) is -2.18. The van der Waals surface area contributed by atoms with Crippen molar-refractivity contribution in [1.82, 2.24) is 4.90 Å². The van der Waals surface area contributed by atoms with Crippen molar-refractivity contribution in [3.63, 3.8) is 0 Å². The summed E-state index contributed by atoms with van der Waals surface area (Å²) >= 11 is 5.95. The van der Waals surface area contributed by atoms with Gasteiger partial charge >= 0.3 is 12.1 Å². The number of halogens is 4. The van der Waals surface area contributed by atoms with Crippen molar-refractivity contribution in [2.45, 2.75) is 48.7 Å². The summed E-state index contributed by atoms with van der Waals surface area (Å²) in [6.07, 6.45) is -7.05. The second-order valence-electron chi connectivity index (χ2n) is 6.32. The summed E-state index contributed by atoms with van der Waals surface area (Å²) in [5, 5.41) is 7.63. The zero-order chi connectivity index (χ0) is 21.4. The lowest BCUT2D eigenvalue weighted by Crippen LogP contribution is -2.39. The molecule has 1 aromatic carbocycles. The molecule has 0 aromatic heterocycles. The third-order valence-corrected chi connectivity index (χ3v) is 6.99. The largest absolute Gasteiger partial charge is 0.481 e. The molecular weight excluding hydrogens is 427 g/mol. The Labute approximate surface area is 163 Å². The van der Waals surface area contributed by atoms with Gasteiger partial charge in [-0.3, -0.25) is 4.79 Å². The van der Waals surface area contributed by atoms with Crippen molar-refractivity contribution in [2.75, 3.05) is 6.54 Å². The number of hydrogen-bond acceptors (Lipinski definition) is 5. The van der Waals surface area contributed by atoms with Crippen molar-refractivity contribution in [3.8, 4) is 5.75 Å². The van der Waals surface area contributed by atoms with Crippen LogP contribution < -0.4 is 4.74 Å². The fourth-order valence-corrected chi connectivity index (χ4v) is 5.07. The summed E-state index contributed by atoms with van der Waals surface area (Å²) in [6.45, 7) is 1.60. The van der Waals surface area contributed by atoms with Crippen molar-refractivity contribution >= 4 is 33.3 Å². The van der Waals surface area contributed by atoms with Crippen LogP contribution in [0.15, 0.2) is 23.1 Å². The van der Waals surface area contributed by atoms with Gasteiger partial charge in [-0.25, -0.2) is 13.2 Å². The van der Waals surface area contributed by atoms with Crippen LogP contribution in [-0.2, 0) is 19.4 Å². The zero-order valence-corrected chi connectivity index (χ0v) is 16.3. The Hall–Kier alpha value is -2.01.